The second kappa shape index (κ2) is 6.18. The molecule has 112 valence electrons. The highest BCUT2D eigenvalue weighted by Gasteiger charge is 2.17. The van der Waals surface area contributed by atoms with Crippen molar-refractivity contribution in [3.05, 3.63) is 50.1 Å². The summed E-state index contributed by atoms with van der Waals surface area (Å²) in [5.74, 6) is -0.107. The molecule has 0 spiro atoms. The Morgan fingerprint density at radius 2 is 1.90 bits per heavy atom. The number of hydrogen-bond acceptors (Lipinski definition) is 3. The number of halogens is 1. The molecule has 0 saturated carbocycles. The second-order valence-electron chi connectivity index (χ2n) is 5.09. The van der Waals surface area contributed by atoms with Gasteiger partial charge in [0.15, 0.2) is 0 Å². The van der Waals surface area contributed by atoms with Gasteiger partial charge in [-0.2, -0.15) is 0 Å². The lowest BCUT2D eigenvalue weighted by atomic mass is 10.1. The van der Waals surface area contributed by atoms with Gasteiger partial charge >= 0.3 is 5.69 Å². The van der Waals surface area contributed by atoms with E-state index in [1.54, 1.807) is 24.3 Å². The van der Waals surface area contributed by atoms with Gasteiger partial charge in [0.25, 0.3) is 5.56 Å². The van der Waals surface area contributed by atoms with Gasteiger partial charge in [-0.05, 0) is 23.6 Å². The van der Waals surface area contributed by atoms with Crippen molar-refractivity contribution in [1.82, 2.24) is 9.55 Å². The molecule has 1 unspecified atom stereocenters. The zero-order valence-corrected chi connectivity index (χ0v) is 12.6. The van der Waals surface area contributed by atoms with Crippen LogP contribution in [0.1, 0.15) is 20.3 Å². The number of hydrogen-bond donors (Lipinski definition) is 2. The summed E-state index contributed by atoms with van der Waals surface area (Å²) in [7, 11) is 0. The van der Waals surface area contributed by atoms with Gasteiger partial charge in [-0.25, -0.2) is 4.79 Å². The van der Waals surface area contributed by atoms with E-state index in [4.69, 9.17) is 11.6 Å². The van der Waals surface area contributed by atoms with Gasteiger partial charge in [-0.1, -0.05) is 44.0 Å². The SMILES string of the molecule is CCC(C)Cn1c(O)c(-c2ccc(Cl)cc2)c(=O)[nH]c1=O. The van der Waals surface area contributed by atoms with Gasteiger partial charge in [0, 0.05) is 11.6 Å². The second-order valence-corrected chi connectivity index (χ2v) is 5.53. The molecular weight excluding hydrogens is 292 g/mol. The van der Waals surface area contributed by atoms with E-state index in [1.807, 2.05) is 13.8 Å². The van der Waals surface area contributed by atoms with Crippen LogP contribution in [-0.4, -0.2) is 14.7 Å². The number of nitrogens with zero attached hydrogens (tertiary/aromatic N) is 1. The van der Waals surface area contributed by atoms with E-state index in [0.717, 1.165) is 6.42 Å². The third kappa shape index (κ3) is 3.19. The molecule has 2 N–H and O–H groups in total. The lowest BCUT2D eigenvalue weighted by molar-refractivity contribution is 0.366. The summed E-state index contributed by atoms with van der Waals surface area (Å²) in [4.78, 5) is 26.1. The van der Waals surface area contributed by atoms with Crippen molar-refractivity contribution in [3.8, 4) is 17.0 Å². The maximum Gasteiger partial charge on any atom is 0.331 e. The maximum absolute atomic E-state index is 12.0. The molecule has 5 nitrogen and oxygen atoms in total. The molecule has 0 fully saturated rings. The Morgan fingerprint density at radius 1 is 1.29 bits per heavy atom. The number of aromatic nitrogens is 2. The van der Waals surface area contributed by atoms with Crippen LogP contribution < -0.4 is 11.2 Å². The van der Waals surface area contributed by atoms with Crippen molar-refractivity contribution in [2.45, 2.75) is 26.8 Å². The normalized spacial score (nSPS) is 12.3. The van der Waals surface area contributed by atoms with Crippen molar-refractivity contribution in [3.63, 3.8) is 0 Å². The summed E-state index contributed by atoms with van der Waals surface area (Å²) in [6.07, 6.45) is 0.862. The number of nitrogens with one attached hydrogen (secondary N) is 1. The molecule has 2 aromatic rings. The molecule has 1 aromatic heterocycles. The third-order valence-corrected chi connectivity index (χ3v) is 3.75. The standard InChI is InChI=1S/C15H17ClN2O3/c1-3-9(2)8-18-14(20)12(13(19)17-15(18)21)10-4-6-11(16)7-5-10/h4-7,9,20H,3,8H2,1-2H3,(H,17,19,21). The Labute approximate surface area is 126 Å². The average Bonchev–Trinajstić information content (AvgIpc) is 2.45. The highest BCUT2D eigenvalue weighted by molar-refractivity contribution is 6.30. The van der Waals surface area contributed by atoms with Crippen LogP contribution in [0.2, 0.25) is 5.02 Å². The molecule has 0 radical (unpaired) electrons. The van der Waals surface area contributed by atoms with Crippen LogP contribution in [0.5, 0.6) is 5.88 Å². The predicted octanol–water partition coefficient (Wildman–Crippen LogP) is 2.61. The van der Waals surface area contributed by atoms with E-state index in [1.165, 1.54) is 4.57 Å². The molecule has 1 aromatic carbocycles. The van der Waals surface area contributed by atoms with E-state index in [2.05, 4.69) is 4.98 Å². The molecule has 2 rings (SSSR count). The highest BCUT2D eigenvalue weighted by atomic mass is 35.5. The van der Waals surface area contributed by atoms with E-state index >= 15 is 0 Å². The quantitative estimate of drug-likeness (QED) is 0.911. The fourth-order valence-corrected chi connectivity index (χ4v) is 2.17. The van der Waals surface area contributed by atoms with E-state index in [-0.39, 0.29) is 17.4 Å². The number of benzene rings is 1. The third-order valence-electron chi connectivity index (χ3n) is 3.50. The van der Waals surface area contributed by atoms with Crippen LogP contribution in [0, 0.1) is 5.92 Å². The molecule has 1 heterocycles. The van der Waals surface area contributed by atoms with Crippen LogP contribution in [0.25, 0.3) is 11.1 Å². The Bertz CT molecular complexity index is 747. The van der Waals surface area contributed by atoms with Gasteiger partial charge in [0.1, 0.15) is 5.56 Å². The Morgan fingerprint density at radius 3 is 2.48 bits per heavy atom. The minimum absolute atomic E-state index is 0.0783. The lowest BCUT2D eigenvalue weighted by Gasteiger charge is -2.14. The number of H-pyrrole nitrogens is 1. The minimum atomic E-state index is -0.611. The molecule has 0 aliphatic heterocycles. The summed E-state index contributed by atoms with van der Waals surface area (Å²) in [5.41, 5.74) is -0.624. The van der Waals surface area contributed by atoms with Crippen LogP contribution in [0.15, 0.2) is 33.9 Å². The monoisotopic (exact) mass is 308 g/mol. The van der Waals surface area contributed by atoms with Crippen LogP contribution >= 0.6 is 11.6 Å². The van der Waals surface area contributed by atoms with Crippen LogP contribution in [-0.2, 0) is 6.54 Å². The topological polar surface area (TPSA) is 75.1 Å². The molecule has 0 aliphatic rings. The van der Waals surface area contributed by atoms with Crippen LogP contribution in [0.3, 0.4) is 0 Å². The van der Waals surface area contributed by atoms with Gasteiger partial charge in [0.2, 0.25) is 5.88 Å². The zero-order chi connectivity index (χ0) is 15.6. The van der Waals surface area contributed by atoms with Crippen molar-refractivity contribution < 1.29 is 5.11 Å². The van der Waals surface area contributed by atoms with Gasteiger partial charge in [-0.3, -0.25) is 14.3 Å². The first-order valence-electron chi connectivity index (χ1n) is 6.76. The molecule has 0 aliphatic carbocycles. The zero-order valence-electron chi connectivity index (χ0n) is 11.9. The van der Waals surface area contributed by atoms with Gasteiger partial charge in [0.05, 0.1) is 0 Å². The fourth-order valence-electron chi connectivity index (χ4n) is 2.05. The first kappa shape index (κ1) is 15.4. The van der Waals surface area contributed by atoms with Crippen molar-refractivity contribution in [2.75, 3.05) is 0 Å². The molecule has 0 saturated heterocycles. The van der Waals surface area contributed by atoms with E-state index in [0.29, 0.717) is 17.1 Å². The molecule has 21 heavy (non-hydrogen) atoms. The Balaban J connectivity index is 2.61. The van der Waals surface area contributed by atoms with Crippen molar-refractivity contribution in [1.29, 1.82) is 0 Å². The van der Waals surface area contributed by atoms with Crippen molar-refractivity contribution in [2.24, 2.45) is 5.92 Å². The summed E-state index contributed by atoms with van der Waals surface area (Å²) >= 11 is 5.82. The largest absolute Gasteiger partial charge is 0.494 e. The first-order chi connectivity index (χ1) is 9.93. The molecule has 1 atom stereocenters. The Kier molecular flexibility index (Phi) is 4.53. The van der Waals surface area contributed by atoms with Gasteiger partial charge in [-0.15, -0.1) is 0 Å². The predicted molar refractivity (Wildman–Crippen MR) is 82.9 cm³/mol. The van der Waals surface area contributed by atoms with E-state index in [9.17, 15) is 14.7 Å². The first-order valence-corrected chi connectivity index (χ1v) is 7.13. The van der Waals surface area contributed by atoms with Gasteiger partial charge < -0.3 is 5.11 Å². The summed E-state index contributed by atoms with van der Waals surface area (Å²) in [6, 6.07) is 6.51. The molecule has 0 amide bonds. The number of aromatic hydroxyl groups is 1. The summed E-state index contributed by atoms with van der Waals surface area (Å²) in [5, 5.41) is 10.9. The highest BCUT2D eigenvalue weighted by Crippen LogP contribution is 2.25. The molecular formula is C15H17ClN2O3. The molecule has 0 bridgehead atoms. The average molecular weight is 309 g/mol. The maximum atomic E-state index is 12.0. The smallest absolute Gasteiger partial charge is 0.331 e. The van der Waals surface area contributed by atoms with Crippen LogP contribution in [0.4, 0.5) is 0 Å². The van der Waals surface area contributed by atoms with Crippen molar-refractivity contribution >= 4 is 11.6 Å². The minimum Gasteiger partial charge on any atom is -0.494 e. The fraction of sp³-hybridized carbons (Fsp3) is 0.333. The lowest BCUT2D eigenvalue weighted by Crippen LogP contribution is -2.32. The summed E-state index contributed by atoms with van der Waals surface area (Å²) in [6.45, 7) is 4.32. The molecule has 6 heteroatoms. The number of rotatable bonds is 4. The van der Waals surface area contributed by atoms with E-state index < -0.39 is 11.2 Å². The number of aromatic amines is 1. The summed E-state index contributed by atoms with van der Waals surface area (Å²) < 4.78 is 1.19. The Hall–Kier alpha value is -2.01.